The molecule has 4 nitrogen and oxygen atoms in total. The molecule has 7 heteroatoms. The Bertz CT molecular complexity index is 530. The van der Waals surface area contributed by atoms with Crippen LogP contribution in [-0.2, 0) is 11.3 Å². The number of benzene rings is 1. The minimum atomic E-state index is 0. The molecular formula is C19H31Cl2N3OS. The van der Waals surface area contributed by atoms with Crippen molar-refractivity contribution in [1.29, 1.82) is 0 Å². The third-order valence-corrected chi connectivity index (χ3v) is 6.08. The summed E-state index contributed by atoms with van der Waals surface area (Å²) in [4.78, 5) is 14.7. The first-order chi connectivity index (χ1) is 11.7. The zero-order chi connectivity index (χ0) is 16.8. The molecule has 1 atom stereocenters. The van der Waals surface area contributed by atoms with Crippen LogP contribution < -0.4 is 10.6 Å². The van der Waals surface area contributed by atoms with Crippen molar-refractivity contribution in [3.63, 3.8) is 0 Å². The first-order valence-electron chi connectivity index (χ1n) is 9.11. The summed E-state index contributed by atoms with van der Waals surface area (Å²) in [6.07, 6.45) is 3.17. The highest BCUT2D eigenvalue weighted by Crippen LogP contribution is 2.19. The highest BCUT2D eigenvalue weighted by molar-refractivity contribution is 7.99. The Morgan fingerprint density at radius 2 is 1.92 bits per heavy atom. The van der Waals surface area contributed by atoms with Gasteiger partial charge in [0.1, 0.15) is 0 Å². The lowest BCUT2D eigenvalue weighted by atomic mass is 9.99. The molecule has 1 amide bonds. The summed E-state index contributed by atoms with van der Waals surface area (Å²) in [6, 6.07) is 8.65. The van der Waals surface area contributed by atoms with Gasteiger partial charge in [0, 0.05) is 42.7 Å². The van der Waals surface area contributed by atoms with Crippen molar-refractivity contribution in [3.05, 3.63) is 29.8 Å². The number of hydrogen-bond donors (Lipinski definition) is 2. The quantitative estimate of drug-likeness (QED) is 0.761. The number of nitrogens with zero attached hydrogens (tertiary/aromatic N) is 1. The van der Waals surface area contributed by atoms with Gasteiger partial charge in [0.15, 0.2) is 0 Å². The molecule has 0 aliphatic carbocycles. The molecule has 2 fully saturated rings. The number of thioether (sulfide) groups is 1. The number of halogens is 2. The van der Waals surface area contributed by atoms with Gasteiger partial charge in [-0.2, -0.15) is 11.8 Å². The number of hydrogen-bond acceptors (Lipinski definition) is 4. The molecule has 0 bridgehead atoms. The molecule has 0 aromatic heterocycles. The number of nitrogens with one attached hydrogen (secondary N) is 2. The van der Waals surface area contributed by atoms with Crippen molar-refractivity contribution in [1.82, 2.24) is 10.2 Å². The Kier molecular flexibility index (Phi) is 11.0. The first-order valence-corrected chi connectivity index (χ1v) is 10.3. The maximum absolute atomic E-state index is 12.1. The number of likely N-dealkylation sites (tertiary alicyclic amines) is 1. The predicted octanol–water partition coefficient (Wildman–Crippen LogP) is 3.80. The summed E-state index contributed by atoms with van der Waals surface area (Å²) in [5, 5.41) is 6.43. The van der Waals surface area contributed by atoms with E-state index in [-0.39, 0.29) is 30.7 Å². The molecule has 0 spiro atoms. The monoisotopic (exact) mass is 419 g/mol. The van der Waals surface area contributed by atoms with Crippen LogP contribution in [0.2, 0.25) is 0 Å². The van der Waals surface area contributed by atoms with Gasteiger partial charge >= 0.3 is 0 Å². The molecule has 2 saturated heterocycles. The smallest absolute Gasteiger partial charge is 0.225 e. The number of piperidine rings is 1. The van der Waals surface area contributed by atoms with Crippen LogP contribution in [0.3, 0.4) is 0 Å². The molecule has 3 rings (SSSR count). The summed E-state index contributed by atoms with van der Waals surface area (Å²) in [5.74, 6) is 3.15. The maximum atomic E-state index is 12.1. The highest BCUT2D eigenvalue weighted by atomic mass is 35.5. The summed E-state index contributed by atoms with van der Waals surface area (Å²) in [6.45, 7) is 6.77. The maximum Gasteiger partial charge on any atom is 0.225 e. The Hall–Kier alpha value is -0.460. The zero-order valence-electron chi connectivity index (χ0n) is 15.4. The van der Waals surface area contributed by atoms with Gasteiger partial charge in [0.2, 0.25) is 5.91 Å². The number of anilines is 1. The number of carbonyl (C=O) groups excluding carboxylic acids is 1. The summed E-state index contributed by atoms with van der Waals surface area (Å²) in [7, 11) is 0. The molecule has 148 valence electrons. The minimum Gasteiger partial charge on any atom is -0.326 e. The Balaban J connectivity index is 0.00000169. The van der Waals surface area contributed by atoms with Gasteiger partial charge in [0.25, 0.3) is 0 Å². The molecule has 0 radical (unpaired) electrons. The first kappa shape index (κ1) is 23.6. The summed E-state index contributed by atoms with van der Waals surface area (Å²) in [5.41, 5.74) is 2.23. The fraction of sp³-hybridized carbons (Fsp3) is 0.632. The third kappa shape index (κ3) is 7.65. The van der Waals surface area contributed by atoms with Crippen LogP contribution in [0.5, 0.6) is 0 Å². The molecule has 2 N–H and O–H groups in total. The third-order valence-electron chi connectivity index (χ3n) is 4.95. The van der Waals surface area contributed by atoms with Crippen molar-refractivity contribution >= 4 is 48.2 Å². The number of rotatable bonds is 5. The Morgan fingerprint density at radius 1 is 1.23 bits per heavy atom. The fourth-order valence-electron chi connectivity index (χ4n) is 3.36. The molecule has 2 heterocycles. The van der Waals surface area contributed by atoms with Crippen molar-refractivity contribution in [2.24, 2.45) is 5.92 Å². The van der Waals surface area contributed by atoms with E-state index in [2.05, 4.69) is 34.6 Å². The van der Waals surface area contributed by atoms with E-state index < -0.39 is 0 Å². The van der Waals surface area contributed by atoms with Crippen molar-refractivity contribution < 1.29 is 4.79 Å². The normalized spacial score (nSPS) is 21.3. The van der Waals surface area contributed by atoms with Crippen LogP contribution >= 0.6 is 36.6 Å². The van der Waals surface area contributed by atoms with Crippen LogP contribution in [0.15, 0.2) is 24.3 Å². The summed E-state index contributed by atoms with van der Waals surface area (Å²) < 4.78 is 0. The molecule has 26 heavy (non-hydrogen) atoms. The number of carbonyl (C=O) groups is 1. The average Bonchev–Trinajstić information content (AvgIpc) is 2.59. The van der Waals surface area contributed by atoms with Gasteiger partial charge in [-0.3, -0.25) is 9.69 Å². The van der Waals surface area contributed by atoms with Crippen LogP contribution in [0.4, 0.5) is 5.69 Å². The lowest BCUT2D eigenvalue weighted by Crippen LogP contribution is -2.39. The Labute approximate surface area is 174 Å². The topological polar surface area (TPSA) is 44.4 Å². The van der Waals surface area contributed by atoms with Crippen molar-refractivity contribution in [3.8, 4) is 0 Å². The predicted molar refractivity (Wildman–Crippen MR) is 117 cm³/mol. The van der Waals surface area contributed by atoms with E-state index in [0.717, 1.165) is 36.2 Å². The van der Waals surface area contributed by atoms with Gasteiger partial charge in [0.05, 0.1) is 0 Å². The van der Waals surface area contributed by atoms with E-state index in [1.54, 1.807) is 0 Å². The molecule has 2 aliphatic rings. The zero-order valence-corrected chi connectivity index (χ0v) is 17.9. The largest absolute Gasteiger partial charge is 0.326 e. The average molecular weight is 420 g/mol. The van der Waals surface area contributed by atoms with E-state index >= 15 is 0 Å². The van der Waals surface area contributed by atoms with E-state index in [0.29, 0.717) is 12.5 Å². The van der Waals surface area contributed by atoms with Gasteiger partial charge in [-0.25, -0.2) is 0 Å². The van der Waals surface area contributed by atoms with Crippen LogP contribution in [0.1, 0.15) is 31.7 Å². The molecular weight excluding hydrogens is 389 g/mol. The summed E-state index contributed by atoms with van der Waals surface area (Å²) >= 11 is 1.92. The lowest BCUT2D eigenvalue weighted by Gasteiger charge is -2.30. The Morgan fingerprint density at radius 3 is 2.54 bits per heavy atom. The van der Waals surface area contributed by atoms with Gasteiger partial charge in [-0.05, 0) is 49.5 Å². The second kappa shape index (κ2) is 12.1. The minimum absolute atomic E-state index is 0. The van der Waals surface area contributed by atoms with Crippen LogP contribution in [0, 0.1) is 5.92 Å². The molecule has 1 aromatic carbocycles. The fourth-order valence-corrected chi connectivity index (χ4v) is 4.31. The second-order valence-electron chi connectivity index (χ2n) is 7.13. The van der Waals surface area contributed by atoms with Crippen LogP contribution in [0.25, 0.3) is 0 Å². The molecule has 1 aromatic rings. The van der Waals surface area contributed by atoms with E-state index in [1.165, 1.54) is 31.5 Å². The molecule has 1 unspecified atom stereocenters. The highest BCUT2D eigenvalue weighted by Gasteiger charge is 2.17. The van der Waals surface area contributed by atoms with Gasteiger partial charge in [-0.15, -0.1) is 24.8 Å². The van der Waals surface area contributed by atoms with Gasteiger partial charge < -0.3 is 10.6 Å². The molecule has 2 aliphatic heterocycles. The molecule has 0 saturated carbocycles. The van der Waals surface area contributed by atoms with E-state index in [1.807, 2.05) is 23.9 Å². The van der Waals surface area contributed by atoms with Crippen molar-refractivity contribution in [2.75, 3.05) is 36.5 Å². The van der Waals surface area contributed by atoms with Gasteiger partial charge in [-0.1, -0.05) is 19.1 Å². The van der Waals surface area contributed by atoms with Crippen LogP contribution in [-0.4, -0.2) is 48.0 Å². The SMILES string of the molecule is CC1CCN(Cc2ccc(NC(=O)CC3CSCCN3)cc2)CC1.Cl.Cl. The standard InChI is InChI=1S/C19H29N3OS.2ClH/c1-15-6-9-22(10-7-15)13-16-2-4-17(5-3-16)21-19(23)12-18-14-24-11-8-20-18;;/h2-5,15,18,20H,6-14H2,1H3,(H,21,23);2*1H. The second-order valence-corrected chi connectivity index (χ2v) is 8.28. The van der Waals surface area contributed by atoms with E-state index in [9.17, 15) is 4.79 Å². The number of amides is 1. The van der Waals surface area contributed by atoms with Crippen molar-refractivity contribution in [2.45, 2.75) is 38.8 Å². The van der Waals surface area contributed by atoms with E-state index in [4.69, 9.17) is 0 Å². The lowest BCUT2D eigenvalue weighted by molar-refractivity contribution is -0.116.